The fraction of sp³-hybridized carbons (Fsp3) is 0.455. The molecule has 1 saturated heterocycles. The molecule has 2 aliphatic heterocycles. The second-order valence-corrected chi connectivity index (χ2v) is 9.13. The number of carboxylic acids is 1. The van der Waals surface area contributed by atoms with E-state index in [-0.39, 0.29) is 24.8 Å². The average molecular weight is 488 g/mol. The van der Waals surface area contributed by atoms with Gasteiger partial charge in [-0.3, -0.25) is 9.69 Å². The number of nitrogens with zero attached hydrogens (tertiary/aromatic N) is 4. The molecule has 170 valence electrons. The first kappa shape index (κ1) is 25.5. The number of carboxylic acid groups (broad SMARTS) is 1. The molecule has 0 aliphatic carbocycles. The van der Waals surface area contributed by atoms with Gasteiger partial charge in [0.05, 0.1) is 21.8 Å². The quantitative estimate of drug-likeness (QED) is 0.694. The van der Waals surface area contributed by atoms with Crippen molar-refractivity contribution in [3.63, 3.8) is 0 Å². The van der Waals surface area contributed by atoms with Crippen LogP contribution in [0.2, 0.25) is 5.02 Å². The second kappa shape index (κ2) is 9.82. The smallest absolute Gasteiger partial charge is 0.310 e. The minimum absolute atomic E-state index is 0. The van der Waals surface area contributed by atoms with E-state index in [2.05, 4.69) is 39.5 Å². The van der Waals surface area contributed by atoms with Crippen LogP contribution < -0.4 is 0 Å². The van der Waals surface area contributed by atoms with Gasteiger partial charge in [-0.25, -0.2) is 4.99 Å². The Labute approximate surface area is 200 Å². The van der Waals surface area contributed by atoms with Gasteiger partial charge in [-0.1, -0.05) is 29.3 Å². The summed E-state index contributed by atoms with van der Waals surface area (Å²) in [5.41, 5.74) is 3.69. The number of rotatable bonds is 3. The van der Waals surface area contributed by atoms with E-state index in [4.69, 9.17) is 16.6 Å². The molecule has 1 aromatic heterocycles. The van der Waals surface area contributed by atoms with Crippen molar-refractivity contribution in [1.82, 2.24) is 14.4 Å². The summed E-state index contributed by atoms with van der Waals surface area (Å²) in [6, 6.07) is 8.36. The zero-order valence-corrected chi connectivity index (χ0v) is 20.4. The van der Waals surface area contributed by atoms with Gasteiger partial charge in [0.25, 0.3) is 0 Å². The summed E-state index contributed by atoms with van der Waals surface area (Å²) in [5.74, 6) is 0.184. The van der Waals surface area contributed by atoms with Gasteiger partial charge in [-0.15, -0.1) is 24.8 Å². The minimum atomic E-state index is -0.757. The van der Waals surface area contributed by atoms with Gasteiger partial charge >= 0.3 is 5.97 Å². The van der Waals surface area contributed by atoms with Crippen molar-refractivity contribution in [2.75, 3.05) is 32.7 Å². The second-order valence-electron chi connectivity index (χ2n) is 8.69. The van der Waals surface area contributed by atoms with Crippen LogP contribution in [-0.2, 0) is 11.3 Å². The third kappa shape index (κ3) is 5.37. The highest BCUT2D eigenvalue weighted by atomic mass is 35.5. The molecule has 1 N–H and O–H groups in total. The number of aliphatic carboxylic acids is 1. The van der Waals surface area contributed by atoms with Crippen LogP contribution in [0.5, 0.6) is 0 Å². The van der Waals surface area contributed by atoms with Crippen molar-refractivity contribution in [3.8, 4) is 0 Å². The Kier molecular flexibility index (Phi) is 8.09. The van der Waals surface area contributed by atoms with Crippen molar-refractivity contribution in [2.45, 2.75) is 27.3 Å². The molecule has 0 unspecified atom stereocenters. The van der Waals surface area contributed by atoms with Crippen molar-refractivity contribution in [2.24, 2.45) is 10.4 Å². The molecule has 31 heavy (non-hydrogen) atoms. The molecule has 6 nitrogen and oxygen atoms in total. The van der Waals surface area contributed by atoms with Gasteiger partial charge in [0.1, 0.15) is 0 Å². The molecular weight excluding hydrogens is 459 g/mol. The Morgan fingerprint density at radius 2 is 1.84 bits per heavy atom. The molecule has 0 amide bonds. The number of aliphatic imine (C=N–C) groups is 1. The fourth-order valence-electron chi connectivity index (χ4n) is 4.08. The molecule has 0 atom stereocenters. The minimum Gasteiger partial charge on any atom is -0.481 e. The maximum Gasteiger partial charge on any atom is 0.310 e. The lowest BCUT2D eigenvalue weighted by molar-refractivity contribution is -0.148. The molecule has 2 aliphatic rings. The number of aryl methyl sites for hydroxylation is 1. The van der Waals surface area contributed by atoms with E-state index >= 15 is 0 Å². The lowest BCUT2D eigenvalue weighted by Gasteiger charge is -2.38. The predicted octanol–water partition coefficient (Wildman–Crippen LogP) is 4.46. The third-order valence-electron chi connectivity index (χ3n) is 5.76. The largest absolute Gasteiger partial charge is 0.481 e. The van der Waals surface area contributed by atoms with Crippen LogP contribution in [0.1, 0.15) is 30.7 Å². The van der Waals surface area contributed by atoms with E-state index in [1.54, 1.807) is 13.8 Å². The van der Waals surface area contributed by atoms with E-state index in [1.807, 2.05) is 12.3 Å². The summed E-state index contributed by atoms with van der Waals surface area (Å²) >= 11 is 6.33. The topological polar surface area (TPSA) is 61.1 Å². The van der Waals surface area contributed by atoms with E-state index in [0.29, 0.717) is 11.6 Å². The molecule has 4 rings (SSSR count). The van der Waals surface area contributed by atoms with Crippen LogP contribution in [0.25, 0.3) is 0 Å². The predicted molar refractivity (Wildman–Crippen MR) is 130 cm³/mol. The Hall–Kier alpha value is -1.73. The summed E-state index contributed by atoms with van der Waals surface area (Å²) < 4.78 is 2.17. The van der Waals surface area contributed by atoms with Crippen LogP contribution in [0.4, 0.5) is 5.69 Å². The number of piperazine rings is 1. The van der Waals surface area contributed by atoms with Gasteiger partial charge in [-0.2, -0.15) is 0 Å². The number of hydrogen-bond donors (Lipinski definition) is 1. The number of carbonyl (C=O) groups is 1. The number of hydrogen-bond acceptors (Lipinski definition) is 4. The molecule has 0 saturated carbocycles. The van der Waals surface area contributed by atoms with Crippen LogP contribution in [0, 0.1) is 12.3 Å². The average Bonchev–Trinajstić information content (AvgIpc) is 2.94. The standard InChI is InChI=1S/C22H27ClN4O2.2ClH/c1-15-4-5-18-16(10-15)12-27-13-17(23)11-19(27)20(24-18)26-8-6-25(7-9-26)14-22(2,3)21(28)29;;/h4-5,10-11,13H,6-9,12,14H2,1-3H3,(H,28,29);2*1H. The van der Waals surface area contributed by atoms with Gasteiger partial charge in [-0.05, 0) is 38.5 Å². The highest BCUT2D eigenvalue weighted by Gasteiger charge is 2.32. The number of fused-ring (bicyclic) bond motifs is 2. The van der Waals surface area contributed by atoms with E-state index < -0.39 is 11.4 Å². The van der Waals surface area contributed by atoms with Gasteiger partial charge < -0.3 is 14.6 Å². The SMILES string of the molecule is Cc1ccc2c(c1)Cn1cc(Cl)cc1C(N1CCN(CC(C)(C)C(=O)O)CC1)=N2.Cl.Cl. The molecular formula is C22H29Cl3N4O2. The van der Waals surface area contributed by atoms with Crippen LogP contribution in [0.3, 0.4) is 0 Å². The van der Waals surface area contributed by atoms with Crippen molar-refractivity contribution in [1.29, 1.82) is 0 Å². The fourth-order valence-corrected chi connectivity index (χ4v) is 4.30. The van der Waals surface area contributed by atoms with Crippen molar-refractivity contribution >= 4 is 53.9 Å². The zero-order valence-electron chi connectivity index (χ0n) is 18.0. The molecule has 9 heteroatoms. The first-order chi connectivity index (χ1) is 13.7. The summed E-state index contributed by atoms with van der Waals surface area (Å²) in [6.45, 7) is 10.2. The van der Waals surface area contributed by atoms with Crippen LogP contribution >= 0.6 is 36.4 Å². The van der Waals surface area contributed by atoms with Gasteiger partial charge in [0.15, 0.2) is 5.84 Å². The maximum absolute atomic E-state index is 11.5. The Bertz CT molecular complexity index is 979. The van der Waals surface area contributed by atoms with Crippen LogP contribution in [-0.4, -0.2) is 64.0 Å². The maximum atomic E-state index is 11.5. The summed E-state index contributed by atoms with van der Waals surface area (Å²) in [5, 5.41) is 10.1. The first-order valence-corrected chi connectivity index (χ1v) is 10.4. The summed E-state index contributed by atoms with van der Waals surface area (Å²) in [6.07, 6.45) is 1.97. The molecule has 3 heterocycles. The normalized spacial score (nSPS) is 16.3. The van der Waals surface area contributed by atoms with Crippen LogP contribution in [0.15, 0.2) is 35.5 Å². The molecule has 0 radical (unpaired) electrons. The first-order valence-electron chi connectivity index (χ1n) is 9.98. The highest BCUT2D eigenvalue weighted by Crippen LogP contribution is 2.30. The zero-order chi connectivity index (χ0) is 20.8. The highest BCUT2D eigenvalue weighted by molar-refractivity contribution is 6.31. The Morgan fingerprint density at radius 1 is 1.16 bits per heavy atom. The molecule has 2 aromatic rings. The van der Waals surface area contributed by atoms with E-state index in [9.17, 15) is 9.90 Å². The number of amidine groups is 1. The monoisotopic (exact) mass is 486 g/mol. The Morgan fingerprint density at radius 3 is 2.48 bits per heavy atom. The third-order valence-corrected chi connectivity index (χ3v) is 5.97. The number of benzene rings is 1. The number of halogens is 3. The molecule has 1 fully saturated rings. The van der Waals surface area contributed by atoms with E-state index in [1.165, 1.54) is 11.1 Å². The van der Waals surface area contributed by atoms with Crippen molar-refractivity contribution in [3.05, 3.63) is 52.3 Å². The lowest BCUT2D eigenvalue weighted by Crippen LogP contribution is -2.52. The lowest BCUT2D eigenvalue weighted by atomic mass is 9.93. The molecule has 1 aromatic carbocycles. The molecule has 0 spiro atoms. The van der Waals surface area contributed by atoms with Gasteiger partial charge in [0, 0.05) is 45.5 Å². The summed E-state index contributed by atoms with van der Waals surface area (Å²) in [7, 11) is 0. The Balaban J connectivity index is 0.00000171. The van der Waals surface area contributed by atoms with E-state index in [0.717, 1.165) is 49.9 Å². The van der Waals surface area contributed by atoms with Gasteiger partial charge in [0.2, 0.25) is 0 Å². The molecule has 0 bridgehead atoms. The van der Waals surface area contributed by atoms with Crippen molar-refractivity contribution < 1.29 is 9.90 Å². The number of aromatic nitrogens is 1. The summed E-state index contributed by atoms with van der Waals surface area (Å²) in [4.78, 5) is 21.0.